The molecule has 0 saturated carbocycles. The van der Waals surface area contributed by atoms with E-state index in [1.165, 1.54) is 22.1 Å². The van der Waals surface area contributed by atoms with E-state index < -0.39 is 27.9 Å². The van der Waals surface area contributed by atoms with Gasteiger partial charge in [-0.3, -0.25) is 4.79 Å². The number of piperazine rings is 1. The van der Waals surface area contributed by atoms with Crippen LogP contribution in [0.5, 0.6) is 0 Å². The molecule has 1 aliphatic heterocycles. The number of benzene rings is 1. The summed E-state index contributed by atoms with van der Waals surface area (Å²) >= 11 is 4.39. The van der Waals surface area contributed by atoms with Crippen molar-refractivity contribution in [1.29, 1.82) is 0 Å². The number of carboxylic acid groups (broad SMARTS) is 1. The fraction of sp³-hybridized carbons (Fsp3) is 0.333. The molecule has 1 saturated heterocycles. The Bertz CT molecular complexity index is 1360. The van der Waals surface area contributed by atoms with E-state index in [0.29, 0.717) is 9.60 Å². The monoisotopic (exact) mass is 607 g/mol. The van der Waals surface area contributed by atoms with Gasteiger partial charge in [-0.15, -0.1) is 11.3 Å². The van der Waals surface area contributed by atoms with Crippen LogP contribution in [0.15, 0.2) is 56.8 Å². The second kappa shape index (κ2) is 11.7. The van der Waals surface area contributed by atoms with Gasteiger partial charge in [0.1, 0.15) is 16.1 Å². The van der Waals surface area contributed by atoms with E-state index >= 15 is 0 Å². The van der Waals surface area contributed by atoms with Gasteiger partial charge in [0.15, 0.2) is 5.69 Å². The summed E-state index contributed by atoms with van der Waals surface area (Å²) in [7, 11) is -3.93. The highest BCUT2D eigenvalue weighted by molar-refractivity contribution is 9.11. The molecule has 1 amide bonds. The highest BCUT2D eigenvalue weighted by atomic mass is 79.9. The van der Waals surface area contributed by atoms with Gasteiger partial charge in [-0.25, -0.2) is 23.2 Å². The van der Waals surface area contributed by atoms with E-state index in [9.17, 15) is 18.0 Å². The lowest BCUT2D eigenvalue weighted by Crippen LogP contribution is -2.60. The van der Waals surface area contributed by atoms with E-state index in [4.69, 9.17) is 5.11 Å². The lowest BCUT2D eigenvalue weighted by molar-refractivity contribution is -0.125. The van der Waals surface area contributed by atoms with Gasteiger partial charge in [0.05, 0.1) is 16.2 Å². The van der Waals surface area contributed by atoms with Gasteiger partial charge in [0.2, 0.25) is 5.91 Å². The number of amides is 1. The number of sulfonamides is 1. The van der Waals surface area contributed by atoms with E-state index in [1.807, 2.05) is 24.3 Å². The summed E-state index contributed by atoms with van der Waals surface area (Å²) < 4.78 is 29.0. The molecule has 4 rings (SSSR count). The number of nitrogens with one attached hydrogen (secondary N) is 1. The highest BCUT2D eigenvalue weighted by Crippen LogP contribution is 2.31. The molecule has 3 heterocycles. The number of aromatic nitrogens is 2. The smallest absolute Gasteiger partial charge is 0.356 e. The summed E-state index contributed by atoms with van der Waals surface area (Å²) in [6, 6.07) is 10.1. The zero-order valence-corrected chi connectivity index (χ0v) is 23.2. The Morgan fingerprint density at radius 3 is 2.43 bits per heavy atom. The number of anilines is 1. The molecule has 13 heteroatoms. The fourth-order valence-electron chi connectivity index (χ4n) is 4.04. The minimum Gasteiger partial charge on any atom is -0.476 e. The first-order valence-electron chi connectivity index (χ1n) is 11.6. The zero-order chi connectivity index (χ0) is 26.6. The maximum atomic E-state index is 13.5. The lowest BCUT2D eigenvalue weighted by Gasteiger charge is -2.39. The quantitative estimate of drug-likeness (QED) is 0.379. The van der Waals surface area contributed by atoms with Crippen molar-refractivity contribution in [3.05, 3.63) is 69.4 Å². The van der Waals surface area contributed by atoms with Crippen LogP contribution in [0.2, 0.25) is 0 Å². The van der Waals surface area contributed by atoms with Gasteiger partial charge in [0, 0.05) is 26.2 Å². The molecule has 37 heavy (non-hydrogen) atoms. The van der Waals surface area contributed by atoms with Gasteiger partial charge in [0.25, 0.3) is 10.0 Å². The number of hydrogen-bond acceptors (Lipinski definition) is 8. The van der Waals surface area contributed by atoms with Crippen LogP contribution in [0.3, 0.4) is 0 Å². The number of nitrogens with zero attached hydrogens (tertiary/aromatic N) is 4. The molecule has 0 spiro atoms. The predicted octanol–water partition coefficient (Wildman–Crippen LogP) is 3.15. The third-order valence-electron chi connectivity index (χ3n) is 5.96. The number of thiophene rings is 1. The van der Waals surface area contributed by atoms with Crippen LogP contribution in [-0.4, -0.2) is 65.4 Å². The van der Waals surface area contributed by atoms with Gasteiger partial charge in [-0.05, 0) is 45.6 Å². The standard InChI is InChI=1S/C24H26BrN5O5S2/c1-2-3-16-4-6-17(7-5-16)12-28-23(31)19-15-29(21-14-26-18(13-27-21)24(32)33)10-11-30(19)37(34,35)22-9-8-20(25)36-22/h4-9,13-14,19H,2-3,10-12,15H2,1H3,(H,28,31)(H,32,33)/t19-/m1/s1. The number of rotatable bonds is 9. The minimum absolute atomic E-state index is 0.0359. The first-order valence-corrected chi connectivity index (χ1v) is 14.7. The largest absolute Gasteiger partial charge is 0.476 e. The number of carbonyl (C=O) groups is 2. The van der Waals surface area contributed by atoms with Crippen LogP contribution >= 0.6 is 27.3 Å². The van der Waals surface area contributed by atoms with E-state index in [1.54, 1.807) is 11.0 Å². The molecule has 1 aromatic carbocycles. The molecule has 2 N–H and O–H groups in total. The molecule has 0 radical (unpaired) electrons. The van der Waals surface area contributed by atoms with Crippen molar-refractivity contribution < 1.29 is 23.1 Å². The Morgan fingerprint density at radius 1 is 1.11 bits per heavy atom. The Morgan fingerprint density at radius 2 is 1.84 bits per heavy atom. The number of aryl methyl sites for hydroxylation is 1. The van der Waals surface area contributed by atoms with Crippen molar-refractivity contribution in [2.75, 3.05) is 24.5 Å². The Balaban J connectivity index is 1.55. The van der Waals surface area contributed by atoms with Crippen molar-refractivity contribution in [1.82, 2.24) is 19.6 Å². The predicted molar refractivity (Wildman–Crippen MR) is 143 cm³/mol. The van der Waals surface area contributed by atoms with Crippen molar-refractivity contribution in [2.45, 2.75) is 36.6 Å². The molecular weight excluding hydrogens is 582 g/mol. The summed E-state index contributed by atoms with van der Waals surface area (Å²) in [6.07, 6.45) is 4.48. The van der Waals surface area contributed by atoms with Crippen LogP contribution in [0, 0.1) is 0 Å². The lowest BCUT2D eigenvalue weighted by atomic mass is 10.1. The first-order chi connectivity index (χ1) is 17.7. The van der Waals surface area contributed by atoms with E-state index in [0.717, 1.165) is 35.9 Å². The number of halogens is 1. The molecular formula is C24H26BrN5O5S2. The molecule has 0 aliphatic carbocycles. The third-order valence-corrected chi connectivity index (χ3v) is 9.95. The van der Waals surface area contributed by atoms with E-state index in [-0.39, 0.29) is 36.1 Å². The Hall–Kier alpha value is -2.87. The fourth-order valence-corrected chi connectivity index (χ4v) is 7.75. The van der Waals surface area contributed by atoms with Gasteiger partial charge < -0.3 is 15.3 Å². The highest BCUT2D eigenvalue weighted by Gasteiger charge is 2.41. The first kappa shape index (κ1) is 27.2. The van der Waals surface area contributed by atoms with Crippen molar-refractivity contribution in [3.8, 4) is 0 Å². The molecule has 1 aliphatic rings. The van der Waals surface area contributed by atoms with Gasteiger partial charge in [-0.2, -0.15) is 4.31 Å². The van der Waals surface area contributed by atoms with Gasteiger partial charge in [-0.1, -0.05) is 37.6 Å². The molecule has 10 nitrogen and oxygen atoms in total. The maximum Gasteiger partial charge on any atom is 0.356 e. The topological polar surface area (TPSA) is 133 Å². The second-order valence-corrected chi connectivity index (χ2v) is 13.1. The number of hydrogen-bond donors (Lipinski definition) is 2. The molecule has 1 atom stereocenters. The van der Waals surface area contributed by atoms with Crippen LogP contribution in [0.4, 0.5) is 5.82 Å². The molecule has 2 aromatic heterocycles. The zero-order valence-electron chi connectivity index (χ0n) is 20.0. The van der Waals surface area contributed by atoms with Crippen molar-refractivity contribution >= 4 is 55.0 Å². The van der Waals surface area contributed by atoms with Crippen LogP contribution in [-0.2, 0) is 27.8 Å². The normalized spacial score (nSPS) is 16.5. The number of carbonyl (C=O) groups excluding carboxylic acids is 1. The maximum absolute atomic E-state index is 13.5. The molecule has 0 unspecified atom stereocenters. The third kappa shape index (κ3) is 6.35. The molecule has 0 bridgehead atoms. The van der Waals surface area contributed by atoms with Crippen molar-refractivity contribution in [3.63, 3.8) is 0 Å². The van der Waals surface area contributed by atoms with Crippen molar-refractivity contribution in [2.24, 2.45) is 0 Å². The Labute approximate surface area is 227 Å². The summed E-state index contributed by atoms with van der Waals surface area (Å²) in [5.74, 6) is -1.26. The number of carboxylic acids is 1. The van der Waals surface area contributed by atoms with Crippen LogP contribution in [0.25, 0.3) is 0 Å². The second-order valence-electron chi connectivity index (χ2n) is 8.49. The average Bonchev–Trinajstić information content (AvgIpc) is 3.35. The van der Waals surface area contributed by atoms with Crippen LogP contribution < -0.4 is 10.2 Å². The summed E-state index contributed by atoms with van der Waals surface area (Å²) in [4.78, 5) is 34.3. The molecule has 3 aromatic rings. The Kier molecular flexibility index (Phi) is 8.57. The minimum atomic E-state index is -3.93. The summed E-state index contributed by atoms with van der Waals surface area (Å²) in [6.45, 7) is 2.71. The SMILES string of the molecule is CCCc1ccc(CNC(=O)[C@H]2CN(c3cnc(C(=O)O)cn3)CCN2S(=O)(=O)c2ccc(Br)s2)cc1. The molecule has 1 fully saturated rings. The average molecular weight is 609 g/mol. The van der Waals surface area contributed by atoms with E-state index in [2.05, 4.69) is 38.1 Å². The van der Waals surface area contributed by atoms with Crippen LogP contribution in [0.1, 0.15) is 35.0 Å². The van der Waals surface area contributed by atoms with Gasteiger partial charge >= 0.3 is 5.97 Å². The molecule has 196 valence electrons. The number of aromatic carboxylic acids is 1. The summed E-state index contributed by atoms with van der Waals surface area (Å²) in [5.41, 5.74) is 1.93. The summed E-state index contributed by atoms with van der Waals surface area (Å²) in [5, 5.41) is 12.0.